The van der Waals surface area contributed by atoms with Gasteiger partial charge in [0.25, 0.3) is 11.8 Å². The fourth-order valence-corrected chi connectivity index (χ4v) is 4.04. The Kier molecular flexibility index (Phi) is 7.94. The van der Waals surface area contributed by atoms with Crippen LogP contribution in [0.3, 0.4) is 0 Å². The molecule has 0 saturated heterocycles. The van der Waals surface area contributed by atoms with Crippen molar-refractivity contribution in [3.05, 3.63) is 65.2 Å². The van der Waals surface area contributed by atoms with E-state index in [0.717, 1.165) is 25.7 Å². The Morgan fingerprint density at radius 1 is 1.00 bits per heavy atom. The number of anilines is 1. The van der Waals surface area contributed by atoms with Crippen LogP contribution in [0.15, 0.2) is 48.5 Å². The number of methoxy groups -OCH3 is 1. The van der Waals surface area contributed by atoms with Gasteiger partial charge >= 0.3 is 5.97 Å². The van der Waals surface area contributed by atoms with E-state index in [-0.39, 0.29) is 28.2 Å². The molecule has 1 saturated carbocycles. The van der Waals surface area contributed by atoms with Gasteiger partial charge < -0.3 is 15.0 Å². The van der Waals surface area contributed by atoms with Crippen LogP contribution in [0.2, 0.25) is 0 Å². The van der Waals surface area contributed by atoms with Gasteiger partial charge in [-0.05, 0) is 55.4 Å². The summed E-state index contributed by atoms with van der Waals surface area (Å²) < 4.78 is 4.69. The number of thiocarbonyl (C=S) groups is 1. The van der Waals surface area contributed by atoms with Crippen molar-refractivity contribution < 1.29 is 19.1 Å². The number of nitrogens with one attached hydrogen (secondary N) is 2. The average Bonchev–Trinajstić information content (AvgIpc) is 2.83. The van der Waals surface area contributed by atoms with E-state index in [9.17, 15) is 14.4 Å². The molecule has 2 amide bonds. The van der Waals surface area contributed by atoms with E-state index < -0.39 is 11.9 Å². The van der Waals surface area contributed by atoms with E-state index in [2.05, 4.69) is 15.4 Å². The maximum Gasteiger partial charge on any atom is 0.337 e. The SMILES string of the molecule is COC(=O)c1cccc(C(=O)NC(=S)Nc2ccccc2C(=O)N(C)C2CCCCC2)c1. The minimum atomic E-state index is -0.533. The summed E-state index contributed by atoms with van der Waals surface area (Å²) in [5.74, 6) is -1.09. The second kappa shape index (κ2) is 10.9. The van der Waals surface area contributed by atoms with E-state index in [1.54, 1.807) is 47.4 Å². The summed E-state index contributed by atoms with van der Waals surface area (Å²) in [6.07, 6.45) is 5.51. The molecule has 7 nitrogen and oxygen atoms in total. The number of benzene rings is 2. The average molecular weight is 454 g/mol. The van der Waals surface area contributed by atoms with Crippen molar-refractivity contribution in [1.29, 1.82) is 0 Å². The summed E-state index contributed by atoms with van der Waals surface area (Å²) in [5, 5.41) is 5.61. The van der Waals surface area contributed by atoms with Crippen molar-refractivity contribution in [3.63, 3.8) is 0 Å². The number of para-hydroxylation sites is 1. The highest BCUT2D eigenvalue weighted by atomic mass is 32.1. The summed E-state index contributed by atoms with van der Waals surface area (Å²) in [6.45, 7) is 0. The minimum absolute atomic E-state index is 0.0547. The molecule has 2 N–H and O–H groups in total. The Balaban J connectivity index is 1.68. The van der Waals surface area contributed by atoms with Crippen molar-refractivity contribution >= 4 is 40.8 Å². The predicted octanol–water partition coefficient (Wildman–Crippen LogP) is 4.00. The third kappa shape index (κ3) is 5.70. The van der Waals surface area contributed by atoms with Crippen molar-refractivity contribution in [2.75, 3.05) is 19.5 Å². The summed E-state index contributed by atoms with van der Waals surface area (Å²) in [5.41, 5.74) is 1.54. The van der Waals surface area contributed by atoms with Crippen molar-refractivity contribution in [2.45, 2.75) is 38.1 Å². The second-order valence-electron chi connectivity index (χ2n) is 7.73. The van der Waals surface area contributed by atoms with Crippen LogP contribution in [0, 0.1) is 0 Å². The fourth-order valence-electron chi connectivity index (χ4n) is 3.84. The first kappa shape index (κ1) is 23.4. The largest absolute Gasteiger partial charge is 0.465 e. The Hall–Kier alpha value is -3.26. The van der Waals surface area contributed by atoms with Gasteiger partial charge in [-0.1, -0.05) is 37.5 Å². The lowest BCUT2D eigenvalue weighted by Crippen LogP contribution is -2.39. The Labute approximate surface area is 193 Å². The number of rotatable bonds is 5. The Morgan fingerprint density at radius 3 is 2.41 bits per heavy atom. The highest BCUT2D eigenvalue weighted by Gasteiger charge is 2.24. The smallest absolute Gasteiger partial charge is 0.337 e. The van der Waals surface area contributed by atoms with Gasteiger partial charge in [0.1, 0.15) is 0 Å². The summed E-state index contributed by atoms with van der Waals surface area (Å²) in [4.78, 5) is 39.2. The van der Waals surface area contributed by atoms with Gasteiger partial charge in [0.15, 0.2) is 5.11 Å². The Bertz CT molecular complexity index is 1020. The van der Waals surface area contributed by atoms with Crippen LogP contribution in [0.1, 0.15) is 63.2 Å². The normalized spacial score (nSPS) is 13.7. The monoisotopic (exact) mass is 453 g/mol. The summed E-state index contributed by atoms with van der Waals surface area (Å²) in [7, 11) is 3.11. The summed E-state index contributed by atoms with van der Waals surface area (Å²) in [6, 6.07) is 13.5. The molecule has 0 aliphatic heterocycles. The quantitative estimate of drug-likeness (QED) is 0.526. The molecule has 0 unspecified atom stereocenters. The third-order valence-corrected chi connectivity index (χ3v) is 5.83. The number of carbonyl (C=O) groups excluding carboxylic acids is 3. The molecule has 1 fully saturated rings. The number of hydrogen-bond donors (Lipinski definition) is 2. The number of hydrogen-bond acceptors (Lipinski definition) is 5. The van der Waals surface area contributed by atoms with E-state index in [4.69, 9.17) is 12.2 Å². The molecule has 1 aliphatic rings. The number of amides is 2. The van der Waals surface area contributed by atoms with E-state index in [1.165, 1.54) is 19.6 Å². The maximum absolute atomic E-state index is 13.1. The van der Waals surface area contributed by atoms with Crippen LogP contribution in [-0.4, -0.2) is 48.0 Å². The molecule has 0 radical (unpaired) electrons. The Morgan fingerprint density at radius 2 is 1.69 bits per heavy atom. The van der Waals surface area contributed by atoms with Crippen LogP contribution in [-0.2, 0) is 4.74 Å². The zero-order valence-corrected chi connectivity index (χ0v) is 19.0. The van der Waals surface area contributed by atoms with E-state index in [0.29, 0.717) is 11.3 Å². The topological polar surface area (TPSA) is 87.7 Å². The summed E-state index contributed by atoms with van der Waals surface area (Å²) >= 11 is 5.30. The fraction of sp³-hybridized carbons (Fsp3) is 0.333. The zero-order valence-electron chi connectivity index (χ0n) is 18.2. The first-order valence-electron chi connectivity index (χ1n) is 10.6. The number of esters is 1. The highest BCUT2D eigenvalue weighted by molar-refractivity contribution is 7.80. The number of nitrogens with zero attached hydrogens (tertiary/aromatic N) is 1. The predicted molar refractivity (Wildman–Crippen MR) is 127 cm³/mol. The molecule has 3 rings (SSSR count). The molecule has 0 bridgehead atoms. The molecular weight excluding hydrogens is 426 g/mol. The van der Waals surface area contributed by atoms with Gasteiger partial charge in [-0.3, -0.25) is 14.9 Å². The first-order valence-corrected chi connectivity index (χ1v) is 11.0. The van der Waals surface area contributed by atoms with Gasteiger partial charge in [0, 0.05) is 18.7 Å². The molecule has 2 aromatic carbocycles. The second-order valence-corrected chi connectivity index (χ2v) is 8.14. The molecule has 1 aliphatic carbocycles. The first-order chi connectivity index (χ1) is 15.4. The van der Waals surface area contributed by atoms with Gasteiger partial charge in [-0.15, -0.1) is 0 Å². The minimum Gasteiger partial charge on any atom is -0.465 e. The molecule has 0 aromatic heterocycles. The lowest BCUT2D eigenvalue weighted by atomic mass is 9.94. The third-order valence-electron chi connectivity index (χ3n) is 5.62. The molecule has 0 spiro atoms. The number of carbonyl (C=O) groups is 3. The zero-order chi connectivity index (χ0) is 23.1. The van der Waals surface area contributed by atoms with Gasteiger partial charge in [-0.2, -0.15) is 0 Å². The standard InChI is InChI=1S/C24H27N3O4S/c1-27(18-11-4-3-5-12-18)22(29)19-13-6-7-14-20(19)25-24(32)26-21(28)16-9-8-10-17(15-16)23(30)31-2/h6-10,13-15,18H,3-5,11-12H2,1-2H3,(H2,25,26,28,32). The van der Waals surface area contributed by atoms with Crippen LogP contribution in [0.25, 0.3) is 0 Å². The molecule has 0 atom stereocenters. The molecular formula is C24H27N3O4S. The van der Waals surface area contributed by atoms with Gasteiger partial charge in [0.2, 0.25) is 0 Å². The van der Waals surface area contributed by atoms with Gasteiger partial charge in [0.05, 0.1) is 23.9 Å². The van der Waals surface area contributed by atoms with Crippen molar-refractivity contribution in [1.82, 2.24) is 10.2 Å². The highest BCUT2D eigenvalue weighted by Crippen LogP contribution is 2.25. The molecule has 0 heterocycles. The van der Waals surface area contributed by atoms with E-state index in [1.807, 2.05) is 7.05 Å². The molecule has 168 valence electrons. The van der Waals surface area contributed by atoms with Crippen LogP contribution in [0.5, 0.6) is 0 Å². The van der Waals surface area contributed by atoms with E-state index >= 15 is 0 Å². The number of ether oxygens (including phenoxy) is 1. The van der Waals surface area contributed by atoms with Crippen molar-refractivity contribution in [3.8, 4) is 0 Å². The van der Waals surface area contributed by atoms with Crippen LogP contribution < -0.4 is 10.6 Å². The lowest BCUT2D eigenvalue weighted by molar-refractivity contribution is 0.0600. The van der Waals surface area contributed by atoms with Crippen LogP contribution >= 0.6 is 12.2 Å². The molecule has 2 aromatic rings. The van der Waals surface area contributed by atoms with Gasteiger partial charge in [-0.25, -0.2) is 4.79 Å². The van der Waals surface area contributed by atoms with Crippen molar-refractivity contribution in [2.24, 2.45) is 0 Å². The lowest BCUT2D eigenvalue weighted by Gasteiger charge is -2.31. The van der Waals surface area contributed by atoms with Crippen LogP contribution in [0.4, 0.5) is 5.69 Å². The maximum atomic E-state index is 13.1. The molecule has 8 heteroatoms. The molecule has 32 heavy (non-hydrogen) atoms.